The lowest BCUT2D eigenvalue weighted by molar-refractivity contribution is 0.266. The highest BCUT2D eigenvalue weighted by Crippen LogP contribution is 2.44. The Morgan fingerprint density at radius 3 is 2.74 bits per heavy atom. The van der Waals surface area contributed by atoms with Crippen LogP contribution in [-0.2, 0) is 5.41 Å². The second-order valence-electron chi connectivity index (χ2n) is 8.84. The highest BCUT2D eigenvalue weighted by molar-refractivity contribution is 5.54. The summed E-state index contributed by atoms with van der Waals surface area (Å²) in [6.45, 7) is 8.02. The zero-order valence-electron chi connectivity index (χ0n) is 16.6. The molecule has 6 nitrogen and oxygen atoms in total. The summed E-state index contributed by atoms with van der Waals surface area (Å²) in [6, 6.07) is 2.56. The molecule has 2 fully saturated rings. The van der Waals surface area contributed by atoms with E-state index in [0.29, 0.717) is 29.4 Å². The number of hydrogen-bond acceptors (Lipinski definition) is 6. The van der Waals surface area contributed by atoms with E-state index < -0.39 is 0 Å². The van der Waals surface area contributed by atoms with Crippen LogP contribution in [0.25, 0.3) is 11.5 Å². The van der Waals surface area contributed by atoms with Crippen LogP contribution in [0.1, 0.15) is 76.7 Å². The van der Waals surface area contributed by atoms with Crippen LogP contribution in [0.5, 0.6) is 5.75 Å². The van der Waals surface area contributed by atoms with Crippen molar-refractivity contribution in [1.29, 1.82) is 0 Å². The van der Waals surface area contributed by atoms with Crippen LogP contribution in [0.15, 0.2) is 16.8 Å². The van der Waals surface area contributed by atoms with Crippen molar-refractivity contribution in [1.82, 2.24) is 20.4 Å². The van der Waals surface area contributed by atoms with Crippen LogP contribution in [0.4, 0.5) is 0 Å². The fourth-order valence-corrected chi connectivity index (χ4v) is 3.51. The molecule has 0 bridgehead atoms. The molecule has 146 valence electrons. The Morgan fingerprint density at radius 1 is 1.22 bits per heavy atom. The molecule has 1 aliphatic heterocycles. The molecule has 0 aromatic carbocycles. The summed E-state index contributed by atoms with van der Waals surface area (Å²) >= 11 is 0. The molecule has 1 saturated heterocycles. The van der Waals surface area contributed by atoms with Crippen molar-refractivity contribution in [2.45, 2.75) is 76.7 Å². The second kappa shape index (κ2) is 7.58. The monoisotopic (exact) mass is 370 g/mol. The highest BCUT2D eigenvalue weighted by Gasteiger charge is 2.29. The summed E-state index contributed by atoms with van der Waals surface area (Å²) in [5, 5.41) is 7.71. The number of aromatic nitrogens is 3. The maximum Gasteiger partial charge on any atom is 0.232 e. The molecule has 1 unspecified atom stereocenters. The average molecular weight is 370 g/mol. The van der Waals surface area contributed by atoms with E-state index in [1.165, 1.54) is 37.7 Å². The molecule has 1 saturated carbocycles. The SMILES string of the molecule is CC(C)(C)c1nc(-c2cc(OCCC3CCCCN3)c(C3CC3)cn2)no1. The fourth-order valence-electron chi connectivity index (χ4n) is 3.51. The molecule has 6 heteroatoms. The molecule has 2 aliphatic rings. The van der Waals surface area contributed by atoms with E-state index in [-0.39, 0.29) is 5.41 Å². The lowest BCUT2D eigenvalue weighted by Gasteiger charge is -2.23. The molecule has 1 N–H and O–H groups in total. The van der Waals surface area contributed by atoms with Gasteiger partial charge in [0.05, 0.1) is 6.61 Å². The minimum atomic E-state index is -0.175. The molecular weight excluding hydrogens is 340 g/mol. The van der Waals surface area contributed by atoms with Gasteiger partial charge in [0.2, 0.25) is 11.7 Å². The summed E-state index contributed by atoms with van der Waals surface area (Å²) < 4.78 is 11.6. The maximum absolute atomic E-state index is 6.21. The minimum absolute atomic E-state index is 0.175. The summed E-state index contributed by atoms with van der Waals surface area (Å²) in [7, 11) is 0. The van der Waals surface area contributed by atoms with Crippen molar-refractivity contribution >= 4 is 0 Å². The Balaban J connectivity index is 1.49. The van der Waals surface area contributed by atoms with E-state index in [9.17, 15) is 0 Å². The van der Waals surface area contributed by atoms with E-state index in [1.807, 2.05) is 12.3 Å². The van der Waals surface area contributed by atoms with Gasteiger partial charge in [0, 0.05) is 29.3 Å². The first kappa shape index (κ1) is 18.4. The summed E-state index contributed by atoms with van der Waals surface area (Å²) in [4.78, 5) is 9.12. The lowest BCUT2D eigenvalue weighted by atomic mass is 9.97. The average Bonchev–Trinajstić information content (AvgIpc) is 3.36. The number of ether oxygens (including phenoxy) is 1. The third-order valence-electron chi connectivity index (χ3n) is 5.35. The quantitative estimate of drug-likeness (QED) is 0.821. The van der Waals surface area contributed by atoms with Gasteiger partial charge in [0.1, 0.15) is 11.4 Å². The van der Waals surface area contributed by atoms with Gasteiger partial charge in [-0.25, -0.2) is 0 Å². The van der Waals surface area contributed by atoms with Crippen LogP contribution in [0.2, 0.25) is 0 Å². The van der Waals surface area contributed by atoms with Crippen LogP contribution >= 0.6 is 0 Å². The van der Waals surface area contributed by atoms with Gasteiger partial charge in [-0.05, 0) is 44.6 Å². The van der Waals surface area contributed by atoms with Gasteiger partial charge in [-0.3, -0.25) is 4.98 Å². The van der Waals surface area contributed by atoms with Gasteiger partial charge in [-0.1, -0.05) is 32.3 Å². The van der Waals surface area contributed by atoms with Crippen LogP contribution in [0.3, 0.4) is 0 Å². The summed E-state index contributed by atoms with van der Waals surface area (Å²) in [5.41, 5.74) is 1.75. The Labute approximate surface area is 161 Å². The highest BCUT2D eigenvalue weighted by atomic mass is 16.5. The number of nitrogens with zero attached hydrogens (tertiary/aromatic N) is 3. The number of pyridine rings is 1. The predicted octanol–water partition coefficient (Wildman–Crippen LogP) is 4.22. The van der Waals surface area contributed by atoms with Crippen molar-refractivity contribution in [2.24, 2.45) is 0 Å². The Hall–Kier alpha value is -1.95. The topological polar surface area (TPSA) is 73.1 Å². The zero-order chi connectivity index (χ0) is 18.9. The molecule has 2 aromatic rings. The third kappa shape index (κ3) is 4.49. The number of piperidine rings is 1. The zero-order valence-corrected chi connectivity index (χ0v) is 16.6. The maximum atomic E-state index is 6.21. The van der Waals surface area contributed by atoms with Crippen molar-refractivity contribution in [3.63, 3.8) is 0 Å². The summed E-state index contributed by atoms with van der Waals surface area (Å²) in [5.74, 6) is 2.67. The standard InChI is InChI=1S/C21H30N4O2/c1-21(2,3)20-24-19(25-27-20)17-12-18(16(13-23-17)14-7-8-14)26-11-9-15-6-4-5-10-22-15/h12-15,22H,4-11H2,1-3H3. The Kier molecular flexibility index (Phi) is 5.17. The van der Waals surface area contributed by atoms with E-state index >= 15 is 0 Å². The third-order valence-corrected chi connectivity index (χ3v) is 5.35. The van der Waals surface area contributed by atoms with E-state index in [4.69, 9.17) is 9.26 Å². The molecule has 1 aliphatic carbocycles. The first-order valence-electron chi connectivity index (χ1n) is 10.2. The number of nitrogens with one attached hydrogen (secondary N) is 1. The van der Waals surface area contributed by atoms with Gasteiger partial charge in [0.15, 0.2) is 0 Å². The fraction of sp³-hybridized carbons (Fsp3) is 0.667. The van der Waals surface area contributed by atoms with Gasteiger partial charge in [-0.15, -0.1) is 0 Å². The van der Waals surface area contributed by atoms with Gasteiger partial charge in [0.25, 0.3) is 0 Å². The Bertz CT molecular complexity index is 771. The van der Waals surface area contributed by atoms with E-state index in [0.717, 1.165) is 25.3 Å². The Morgan fingerprint density at radius 2 is 2.07 bits per heavy atom. The van der Waals surface area contributed by atoms with E-state index in [1.54, 1.807) is 0 Å². The molecule has 3 heterocycles. The molecular formula is C21H30N4O2. The minimum Gasteiger partial charge on any atom is -0.493 e. The number of rotatable bonds is 6. The molecule has 0 spiro atoms. The van der Waals surface area contributed by atoms with Crippen LogP contribution in [-0.4, -0.2) is 34.3 Å². The van der Waals surface area contributed by atoms with E-state index in [2.05, 4.69) is 41.2 Å². The van der Waals surface area contributed by atoms with Crippen molar-refractivity contribution < 1.29 is 9.26 Å². The molecule has 1 atom stereocenters. The van der Waals surface area contributed by atoms with Gasteiger partial charge >= 0.3 is 0 Å². The lowest BCUT2D eigenvalue weighted by Crippen LogP contribution is -2.35. The molecule has 2 aromatic heterocycles. The predicted molar refractivity (Wildman–Crippen MR) is 104 cm³/mol. The second-order valence-corrected chi connectivity index (χ2v) is 8.84. The summed E-state index contributed by atoms with van der Waals surface area (Å²) in [6.07, 6.45) is 9.28. The first-order valence-corrected chi connectivity index (χ1v) is 10.2. The van der Waals surface area contributed by atoms with Crippen LogP contribution < -0.4 is 10.1 Å². The molecule has 4 rings (SSSR count). The molecule has 0 radical (unpaired) electrons. The van der Waals surface area contributed by atoms with Gasteiger partial charge < -0.3 is 14.6 Å². The molecule has 0 amide bonds. The van der Waals surface area contributed by atoms with Crippen molar-refractivity contribution in [3.05, 3.63) is 23.7 Å². The van der Waals surface area contributed by atoms with Crippen molar-refractivity contribution in [3.8, 4) is 17.3 Å². The first-order chi connectivity index (χ1) is 13.0. The van der Waals surface area contributed by atoms with Gasteiger partial charge in [-0.2, -0.15) is 4.98 Å². The normalized spacial score (nSPS) is 20.6. The molecule has 27 heavy (non-hydrogen) atoms. The van der Waals surface area contributed by atoms with Crippen LogP contribution in [0, 0.1) is 0 Å². The van der Waals surface area contributed by atoms with Crippen molar-refractivity contribution in [2.75, 3.05) is 13.2 Å². The number of hydrogen-bond donors (Lipinski definition) is 1. The smallest absolute Gasteiger partial charge is 0.232 e. The largest absolute Gasteiger partial charge is 0.493 e.